The number of halogens is 2. The molecule has 0 aliphatic heterocycles. The van der Waals surface area contributed by atoms with Gasteiger partial charge in [-0.05, 0) is 24.5 Å². The lowest BCUT2D eigenvalue weighted by Gasteiger charge is -2.08. The molecule has 0 bridgehead atoms. The van der Waals surface area contributed by atoms with E-state index in [2.05, 4.69) is 15.9 Å². The van der Waals surface area contributed by atoms with Gasteiger partial charge in [0.15, 0.2) is 0 Å². The molecular weight excluding hydrogens is 251 g/mol. The highest BCUT2D eigenvalue weighted by Crippen LogP contribution is 2.28. The summed E-state index contributed by atoms with van der Waals surface area (Å²) in [7, 11) is 1.65. The molecule has 0 amide bonds. The van der Waals surface area contributed by atoms with Crippen molar-refractivity contribution in [2.24, 2.45) is 0 Å². The van der Waals surface area contributed by atoms with Gasteiger partial charge in [-0.1, -0.05) is 39.7 Å². The molecule has 1 nitrogen and oxygen atoms in total. The summed E-state index contributed by atoms with van der Waals surface area (Å²) < 4.78 is 5.23. The maximum absolute atomic E-state index is 5.97. The van der Waals surface area contributed by atoms with E-state index in [0.29, 0.717) is 5.02 Å². The Hall–Kier alpha value is -0.210. The quantitative estimate of drug-likeness (QED) is 0.753. The van der Waals surface area contributed by atoms with E-state index in [1.54, 1.807) is 7.11 Å². The van der Waals surface area contributed by atoms with E-state index >= 15 is 0 Å². The molecule has 0 atom stereocenters. The largest absolute Gasteiger partial charge is 0.495 e. The zero-order valence-corrected chi connectivity index (χ0v) is 9.86. The van der Waals surface area contributed by atoms with Crippen LogP contribution in [0.15, 0.2) is 18.2 Å². The van der Waals surface area contributed by atoms with E-state index in [-0.39, 0.29) is 0 Å². The lowest BCUT2D eigenvalue weighted by atomic mass is 10.1. The van der Waals surface area contributed by atoms with Crippen LogP contribution in [0.5, 0.6) is 5.75 Å². The summed E-state index contributed by atoms with van der Waals surface area (Å²) in [6, 6.07) is 5.85. The third-order valence-corrected chi connectivity index (χ3v) is 2.69. The molecule has 0 fully saturated rings. The number of ether oxygens (including phenoxy) is 1. The van der Waals surface area contributed by atoms with Crippen LogP contribution in [0.3, 0.4) is 0 Å². The lowest BCUT2D eigenvalue weighted by molar-refractivity contribution is 0.409. The normalized spacial score (nSPS) is 10.1. The number of para-hydroxylation sites is 1. The van der Waals surface area contributed by atoms with Gasteiger partial charge in [-0.15, -0.1) is 0 Å². The van der Waals surface area contributed by atoms with E-state index < -0.39 is 0 Å². The van der Waals surface area contributed by atoms with Gasteiger partial charge in [0.1, 0.15) is 5.75 Å². The first-order chi connectivity index (χ1) is 6.29. The SMILES string of the molecule is COc1c(Cl)cccc1CCCBr. The average Bonchev–Trinajstić information content (AvgIpc) is 2.15. The van der Waals surface area contributed by atoms with Crippen LogP contribution in [0.2, 0.25) is 5.02 Å². The molecule has 72 valence electrons. The average molecular weight is 264 g/mol. The first-order valence-electron chi connectivity index (χ1n) is 4.17. The van der Waals surface area contributed by atoms with Crippen LogP contribution in [-0.2, 0) is 6.42 Å². The second kappa shape index (κ2) is 5.51. The molecule has 13 heavy (non-hydrogen) atoms. The molecule has 1 aromatic carbocycles. The Kier molecular flexibility index (Phi) is 4.60. The molecule has 1 aromatic rings. The second-order valence-corrected chi connectivity index (χ2v) is 3.92. The molecule has 0 saturated heterocycles. The van der Waals surface area contributed by atoms with Crippen LogP contribution < -0.4 is 4.74 Å². The summed E-state index contributed by atoms with van der Waals surface area (Å²) in [5.41, 5.74) is 1.18. The van der Waals surface area contributed by atoms with Gasteiger partial charge in [0.2, 0.25) is 0 Å². The lowest BCUT2D eigenvalue weighted by Crippen LogP contribution is -1.93. The number of alkyl halides is 1. The highest BCUT2D eigenvalue weighted by atomic mass is 79.9. The maximum atomic E-state index is 5.97. The van der Waals surface area contributed by atoms with Gasteiger partial charge in [-0.2, -0.15) is 0 Å². The summed E-state index contributed by atoms with van der Waals surface area (Å²) in [4.78, 5) is 0. The fourth-order valence-corrected chi connectivity index (χ4v) is 1.79. The smallest absolute Gasteiger partial charge is 0.140 e. The van der Waals surface area contributed by atoms with E-state index in [1.165, 1.54) is 5.56 Å². The Labute approximate surface area is 92.2 Å². The predicted molar refractivity (Wildman–Crippen MR) is 60.1 cm³/mol. The van der Waals surface area contributed by atoms with Crippen molar-refractivity contribution in [2.45, 2.75) is 12.8 Å². The molecule has 0 unspecified atom stereocenters. The first-order valence-corrected chi connectivity index (χ1v) is 5.67. The number of hydrogen-bond acceptors (Lipinski definition) is 1. The van der Waals surface area contributed by atoms with E-state index in [4.69, 9.17) is 16.3 Å². The Morgan fingerprint density at radius 2 is 2.23 bits per heavy atom. The van der Waals surface area contributed by atoms with Gasteiger partial charge in [0.25, 0.3) is 0 Å². The zero-order chi connectivity index (χ0) is 9.68. The van der Waals surface area contributed by atoms with Gasteiger partial charge in [-0.3, -0.25) is 0 Å². The van der Waals surface area contributed by atoms with Gasteiger partial charge >= 0.3 is 0 Å². The minimum Gasteiger partial charge on any atom is -0.495 e. The van der Waals surface area contributed by atoms with Crippen molar-refractivity contribution in [3.63, 3.8) is 0 Å². The summed E-state index contributed by atoms with van der Waals surface area (Å²) in [5, 5.41) is 1.69. The van der Waals surface area contributed by atoms with Crippen molar-refractivity contribution >= 4 is 27.5 Å². The second-order valence-electron chi connectivity index (χ2n) is 2.72. The van der Waals surface area contributed by atoms with Gasteiger partial charge in [-0.25, -0.2) is 0 Å². The van der Waals surface area contributed by atoms with Crippen LogP contribution in [0.25, 0.3) is 0 Å². The molecule has 0 heterocycles. The summed E-state index contributed by atoms with van der Waals surface area (Å²) >= 11 is 9.37. The van der Waals surface area contributed by atoms with Gasteiger partial charge in [0, 0.05) is 5.33 Å². The molecule has 0 saturated carbocycles. The zero-order valence-electron chi connectivity index (χ0n) is 7.52. The molecule has 0 N–H and O–H groups in total. The van der Waals surface area contributed by atoms with Gasteiger partial charge < -0.3 is 4.74 Å². The van der Waals surface area contributed by atoms with Crippen molar-refractivity contribution in [1.29, 1.82) is 0 Å². The van der Waals surface area contributed by atoms with Crippen molar-refractivity contribution in [3.8, 4) is 5.75 Å². The number of hydrogen-bond donors (Lipinski definition) is 0. The number of benzene rings is 1. The van der Waals surface area contributed by atoms with Crippen molar-refractivity contribution < 1.29 is 4.74 Å². The van der Waals surface area contributed by atoms with Crippen LogP contribution in [0.1, 0.15) is 12.0 Å². The number of methoxy groups -OCH3 is 1. The van der Waals surface area contributed by atoms with Crippen LogP contribution in [0, 0.1) is 0 Å². The third kappa shape index (κ3) is 2.89. The maximum Gasteiger partial charge on any atom is 0.140 e. The van der Waals surface area contributed by atoms with Crippen LogP contribution in [0.4, 0.5) is 0 Å². The summed E-state index contributed by atoms with van der Waals surface area (Å²) in [6.07, 6.45) is 2.09. The fourth-order valence-electron chi connectivity index (χ4n) is 1.24. The standard InChI is InChI=1S/C10H12BrClO/c1-13-10-8(5-3-7-11)4-2-6-9(10)12/h2,4,6H,3,5,7H2,1H3. The molecule has 0 aromatic heterocycles. The summed E-state index contributed by atoms with van der Waals surface area (Å²) in [6.45, 7) is 0. The number of aryl methyl sites for hydroxylation is 1. The van der Waals surface area contributed by atoms with E-state index in [0.717, 1.165) is 23.9 Å². The molecule has 0 radical (unpaired) electrons. The predicted octanol–water partition coefficient (Wildman–Crippen LogP) is 3.68. The van der Waals surface area contributed by atoms with Crippen LogP contribution in [-0.4, -0.2) is 12.4 Å². The molecule has 1 rings (SSSR count). The third-order valence-electron chi connectivity index (χ3n) is 1.83. The van der Waals surface area contributed by atoms with E-state index in [9.17, 15) is 0 Å². The molecule has 0 spiro atoms. The van der Waals surface area contributed by atoms with E-state index in [1.807, 2.05) is 18.2 Å². The highest BCUT2D eigenvalue weighted by molar-refractivity contribution is 9.09. The first kappa shape index (κ1) is 10.9. The molecule has 0 aliphatic carbocycles. The Balaban J connectivity index is 2.85. The monoisotopic (exact) mass is 262 g/mol. The van der Waals surface area contributed by atoms with Crippen molar-refractivity contribution in [2.75, 3.05) is 12.4 Å². The van der Waals surface area contributed by atoms with Gasteiger partial charge in [0.05, 0.1) is 12.1 Å². The van der Waals surface area contributed by atoms with Crippen LogP contribution >= 0.6 is 27.5 Å². The Morgan fingerprint density at radius 1 is 1.46 bits per heavy atom. The summed E-state index contributed by atoms with van der Waals surface area (Å²) in [5.74, 6) is 0.810. The Morgan fingerprint density at radius 3 is 2.85 bits per heavy atom. The molecular formula is C10H12BrClO. The minimum atomic E-state index is 0.689. The topological polar surface area (TPSA) is 9.23 Å². The number of rotatable bonds is 4. The fraction of sp³-hybridized carbons (Fsp3) is 0.400. The molecule has 3 heteroatoms. The Bertz CT molecular complexity index is 276. The van der Waals surface area contributed by atoms with Crippen molar-refractivity contribution in [1.82, 2.24) is 0 Å². The van der Waals surface area contributed by atoms with Crippen molar-refractivity contribution in [3.05, 3.63) is 28.8 Å². The minimum absolute atomic E-state index is 0.689. The molecule has 0 aliphatic rings. The highest BCUT2D eigenvalue weighted by Gasteiger charge is 2.05.